The number of ether oxygens (including phenoxy) is 1. The van der Waals surface area contributed by atoms with Crippen molar-refractivity contribution in [3.8, 4) is 0 Å². The molecule has 0 spiro atoms. The van der Waals surface area contributed by atoms with Gasteiger partial charge in [0.25, 0.3) is 0 Å². The van der Waals surface area contributed by atoms with Crippen molar-refractivity contribution in [2.24, 2.45) is 4.99 Å². The fourth-order valence-corrected chi connectivity index (χ4v) is 2.95. The number of hydrogen-bond acceptors (Lipinski definition) is 4. The molecule has 1 aliphatic rings. The average Bonchev–Trinajstić information content (AvgIpc) is 3.10. The molecule has 1 aromatic rings. The van der Waals surface area contributed by atoms with Crippen LogP contribution in [0.2, 0.25) is 0 Å². The molecule has 0 amide bonds. The molecule has 7 nitrogen and oxygen atoms in total. The predicted molar refractivity (Wildman–Crippen MR) is 113 cm³/mol. The van der Waals surface area contributed by atoms with Gasteiger partial charge in [0.05, 0.1) is 19.8 Å². The van der Waals surface area contributed by atoms with E-state index < -0.39 is 0 Å². The van der Waals surface area contributed by atoms with Crippen molar-refractivity contribution in [1.82, 2.24) is 25.3 Å². The first kappa shape index (κ1) is 22.2. The largest absolute Gasteiger partial charge is 0.379 e. The molecule has 8 heteroatoms. The second-order valence-corrected chi connectivity index (χ2v) is 6.28. The van der Waals surface area contributed by atoms with E-state index in [1.54, 1.807) is 0 Å². The second kappa shape index (κ2) is 12.5. The van der Waals surface area contributed by atoms with Gasteiger partial charge in [-0.3, -0.25) is 14.6 Å². The van der Waals surface area contributed by atoms with Crippen LogP contribution < -0.4 is 10.6 Å². The number of halogens is 1. The van der Waals surface area contributed by atoms with Crippen LogP contribution >= 0.6 is 24.0 Å². The van der Waals surface area contributed by atoms with E-state index in [0.29, 0.717) is 12.1 Å². The highest BCUT2D eigenvalue weighted by atomic mass is 127. The summed E-state index contributed by atoms with van der Waals surface area (Å²) in [6.45, 7) is 12.6. The lowest BCUT2D eigenvalue weighted by Crippen LogP contribution is -2.49. The Morgan fingerprint density at radius 3 is 2.96 bits per heavy atom. The molecule has 2 unspecified atom stereocenters. The molecule has 2 N–H and O–H groups in total. The monoisotopic (exact) mass is 464 g/mol. The zero-order valence-corrected chi connectivity index (χ0v) is 18.0. The molecule has 1 saturated heterocycles. The standard InChI is InChI=1S/C17H32N6O.HI/c1-4-18-17(19-7-5-9-22-10-6-8-21-22)20-13-15(2)23-11-12-24-14-16(23)3;/h6,8,10,15-16H,4-5,7,9,11-14H2,1-3H3,(H2,18,19,20);1H. The molecule has 2 atom stereocenters. The maximum Gasteiger partial charge on any atom is 0.191 e. The molecule has 0 aromatic carbocycles. The summed E-state index contributed by atoms with van der Waals surface area (Å²) in [4.78, 5) is 7.23. The van der Waals surface area contributed by atoms with Crippen LogP contribution in [0.3, 0.4) is 0 Å². The van der Waals surface area contributed by atoms with Crippen molar-refractivity contribution >= 4 is 29.9 Å². The maximum atomic E-state index is 5.51. The normalized spacial score (nSPS) is 20.0. The predicted octanol–water partition coefficient (Wildman–Crippen LogP) is 1.56. The molecule has 1 fully saturated rings. The molecule has 25 heavy (non-hydrogen) atoms. The minimum Gasteiger partial charge on any atom is -0.379 e. The highest BCUT2D eigenvalue weighted by molar-refractivity contribution is 14.0. The Balaban J connectivity index is 0.00000312. The van der Waals surface area contributed by atoms with Gasteiger partial charge in [0.1, 0.15) is 0 Å². The van der Waals surface area contributed by atoms with Gasteiger partial charge in [-0.2, -0.15) is 5.10 Å². The highest BCUT2D eigenvalue weighted by Gasteiger charge is 2.23. The fourth-order valence-electron chi connectivity index (χ4n) is 2.95. The van der Waals surface area contributed by atoms with Gasteiger partial charge < -0.3 is 15.4 Å². The van der Waals surface area contributed by atoms with Gasteiger partial charge in [-0.05, 0) is 33.3 Å². The number of nitrogens with zero attached hydrogens (tertiary/aromatic N) is 4. The lowest BCUT2D eigenvalue weighted by molar-refractivity contribution is -0.0165. The van der Waals surface area contributed by atoms with Crippen molar-refractivity contribution in [3.05, 3.63) is 18.5 Å². The van der Waals surface area contributed by atoms with Crippen LogP contribution in [-0.4, -0.2) is 72.1 Å². The number of rotatable bonds is 8. The summed E-state index contributed by atoms with van der Waals surface area (Å²) in [6.07, 6.45) is 4.82. The van der Waals surface area contributed by atoms with Crippen molar-refractivity contribution < 1.29 is 4.74 Å². The van der Waals surface area contributed by atoms with Crippen molar-refractivity contribution in [2.75, 3.05) is 39.4 Å². The van der Waals surface area contributed by atoms with E-state index in [0.717, 1.165) is 58.3 Å². The van der Waals surface area contributed by atoms with E-state index in [-0.39, 0.29) is 24.0 Å². The van der Waals surface area contributed by atoms with E-state index in [1.807, 2.05) is 23.1 Å². The number of aryl methyl sites for hydroxylation is 1. The third kappa shape index (κ3) is 7.91. The van der Waals surface area contributed by atoms with E-state index in [2.05, 4.69) is 41.4 Å². The number of morpholine rings is 1. The summed E-state index contributed by atoms with van der Waals surface area (Å²) in [7, 11) is 0. The Bertz CT molecular complexity index is 481. The van der Waals surface area contributed by atoms with Crippen LogP contribution in [0.5, 0.6) is 0 Å². The molecular formula is C17H33IN6O. The molecule has 0 aliphatic carbocycles. The summed E-state index contributed by atoms with van der Waals surface area (Å²) >= 11 is 0. The molecule has 1 aliphatic heterocycles. The Kier molecular flexibility index (Phi) is 11.1. The first-order valence-electron chi connectivity index (χ1n) is 9.03. The number of aromatic nitrogens is 2. The minimum atomic E-state index is 0. The van der Waals surface area contributed by atoms with Gasteiger partial charge >= 0.3 is 0 Å². The number of guanidine groups is 1. The van der Waals surface area contributed by atoms with Gasteiger partial charge in [-0.15, -0.1) is 24.0 Å². The third-order valence-electron chi connectivity index (χ3n) is 4.26. The van der Waals surface area contributed by atoms with Gasteiger partial charge in [0.15, 0.2) is 5.96 Å². The summed E-state index contributed by atoms with van der Waals surface area (Å²) in [5.74, 6) is 0.894. The first-order chi connectivity index (χ1) is 11.7. The summed E-state index contributed by atoms with van der Waals surface area (Å²) in [6, 6.07) is 2.84. The summed E-state index contributed by atoms with van der Waals surface area (Å²) in [5, 5.41) is 10.9. The Morgan fingerprint density at radius 1 is 1.44 bits per heavy atom. The Morgan fingerprint density at radius 2 is 2.28 bits per heavy atom. The second-order valence-electron chi connectivity index (χ2n) is 6.28. The average molecular weight is 464 g/mol. The van der Waals surface area contributed by atoms with Crippen LogP contribution in [0.25, 0.3) is 0 Å². The van der Waals surface area contributed by atoms with E-state index >= 15 is 0 Å². The third-order valence-corrected chi connectivity index (χ3v) is 4.26. The molecule has 1 aromatic heterocycles. The lowest BCUT2D eigenvalue weighted by Gasteiger charge is -2.37. The number of nitrogens with one attached hydrogen (secondary N) is 2. The van der Waals surface area contributed by atoms with Crippen molar-refractivity contribution in [2.45, 2.75) is 45.8 Å². The summed E-state index contributed by atoms with van der Waals surface area (Å²) in [5.41, 5.74) is 0. The van der Waals surface area contributed by atoms with Crippen LogP contribution in [0.1, 0.15) is 27.2 Å². The van der Waals surface area contributed by atoms with Crippen molar-refractivity contribution in [1.29, 1.82) is 0 Å². The van der Waals surface area contributed by atoms with Crippen LogP contribution in [-0.2, 0) is 11.3 Å². The van der Waals surface area contributed by atoms with Crippen LogP contribution in [0.15, 0.2) is 23.5 Å². The number of aliphatic imine (C=N–C) groups is 1. The molecule has 2 heterocycles. The molecule has 2 rings (SSSR count). The topological polar surface area (TPSA) is 66.7 Å². The summed E-state index contributed by atoms with van der Waals surface area (Å²) < 4.78 is 7.47. The van der Waals surface area contributed by atoms with E-state index in [1.165, 1.54) is 0 Å². The molecule has 0 radical (unpaired) electrons. The molecule has 0 saturated carbocycles. The molecular weight excluding hydrogens is 431 g/mol. The fraction of sp³-hybridized carbons (Fsp3) is 0.765. The van der Waals surface area contributed by atoms with Crippen molar-refractivity contribution in [3.63, 3.8) is 0 Å². The Labute approximate surface area is 168 Å². The Hall–Kier alpha value is -0.870. The zero-order valence-electron chi connectivity index (χ0n) is 15.6. The van der Waals surface area contributed by atoms with Gasteiger partial charge in [-0.25, -0.2) is 0 Å². The molecule has 0 bridgehead atoms. The van der Waals surface area contributed by atoms with Crippen LogP contribution in [0.4, 0.5) is 0 Å². The highest BCUT2D eigenvalue weighted by Crippen LogP contribution is 2.10. The van der Waals surface area contributed by atoms with Gasteiger partial charge in [0, 0.05) is 50.7 Å². The smallest absolute Gasteiger partial charge is 0.191 e. The lowest BCUT2D eigenvalue weighted by atomic mass is 10.2. The molecule has 144 valence electrons. The van der Waals surface area contributed by atoms with E-state index in [4.69, 9.17) is 9.73 Å². The zero-order chi connectivity index (χ0) is 17.2. The van der Waals surface area contributed by atoms with Crippen LogP contribution in [0, 0.1) is 0 Å². The first-order valence-corrected chi connectivity index (χ1v) is 9.03. The maximum absolute atomic E-state index is 5.51. The SMILES string of the molecule is CCNC(=NCC(C)N1CCOCC1C)NCCCn1cccn1.I. The minimum absolute atomic E-state index is 0. The van der Waals surface area contributed by atoms with Gasteiger partial charge in [0.2, 0.25) is 0 Å². The van der Waals surface area contributed by atoms with E-state index in [9.17, 15) is 0 Å². The number of hydrogen-bond donors (Lipinski definition) is 2. The van der Waals surface area contributed by atoms with Gasteiger partial charge in [-0.1, -0.05) is 0 Å². The quantitative estimate of drug-likeness (QED) is 0.265.